The van der Waals surface area contributed by atoms with Gasteiger partial charge >= 0.3 is 0 Å². The summed E-state index contributed by atoms with van der Waals surface area (Å²) in [6, 6.07) is 18.0. The molecule has 1 aliphatic rings. The maximum absolute atomic E-state index is 13.2. The molecule has 2 atom stereocenters. The Hall–Kier alpha value is -1.61. The van der Waals surface area contributed by atoms with Gasteiger partial charge in [0.05, 0.1) is 22.7 Å². The number of hydrogen-bond donors (Lipinski definition) is 2. The molecule has 166 valence electrons. The van der Waals surface area contributed by atoms with E-state index in [-0.39, 0.29) is 10.9 Å². The van der Waals surface area contributed by atoms with E-state index >= 15 is 0 Å². The first-order chi connectivity index (χ1) is 15.2. The minimum absolute atomic E-state index is 0.119. The number of hydrazone groups is 1. The summed E-state index contributed by atoms with van der Waals surface area (Å²) in [6.45, 7) is 0. The fourth-order valence-corrected chi connectivity index (χ4v) is 5.88. The molecule has 0 saturated carbocycles. The molecule has 4 rings (SSSR count). The van der Waals surface area contributed by atoms with Crippen LogP contribution in [0.2, 0.25) is 15.1 Å². The zero-order chi connectivity index (χ0) is 22.9. The molecular formula is C22H17BrCl3N3O2S. The predicted octanol–water partition coefficient (Wildman–Crippen LogP) is 6.52. The molecule has 3 aromatic carbocycles. The third-order valence-electron chi connectivity index (χ3n) is 5.04. The van der Waals surface area contributed by atoms with E-state index in [1.807, 2.05) is 12.1 Å². The second-order valence-electron chi connectivity index (χ2n) is 7.22. The molecule has 0 bridgehead atoms. The summed E-state index contributed by atoms with van der Waals surface area (Å²) in [4.78, 5) is 0.128. The molecule has 0 aromatic heterocycles. The van der Waals surface area contributed by atoms with Crippen molar-refractivity contribution >= 4 is 66.5 Å². The summed E-state index contributed by atoms with van der Waals surface area (Å²) in [5, 5.41) is 5.90. The molecule has 0 radical (unpaired) electrons. The van der Waals surface area contributed by atoms with Crippen LogP contribution in [-0.4, -0.2) is 14.1 Å². The van der Waals surface area contributed by atoms with Gasteiger partial charge in [0.2, 0.25) is 10.0 Å². The molecule has 5 nitrogen and oxygen atoms in total. The molecule has 1 aliphatic heterocycles. The second kappa shape index (κ2) is 9.71. The van der Waals surface area contributed by atoms with Crippen molar-refractivity contribution in [3.8, 4) is 0 Å². The van der Waals surface area contributed by atoms with Gasteiger partial charge in [-0.1, -0.05) is 75.0 Å². The lowest BCUT2D eigenvalue weighted by Gasteiger charge is -2.21. The summed E-state index contributed by atoms with van der Waals surface area (Å²) in [5.41, 5.74) is 5.25. The Morgan fingerprint density at radius 1 is 1.00 bits per heavy atom. The van der Waals surface area contributed by atoms with E-state index in [1.165, 1.54) is 12.1 Å². The number of benzene rings is 3. The Balaban J connectivity index is 1.68. The molecule has 10 heteroatoms. The minimum Gasteiger partial charge on any atom is -0.302 e. The average molecular weight is 574 g/mol. The molecule has 2 N–H and O–H groups in total. The van der Waals surface area contributed by atoms with Crippen LogP contribution in [0.3, 0.4) is 0 Å². The topological polar surface area (TPSA) is 70.6 Å². The normalized spacial score (nSPS) is 17.0. The highest BCUT2D eigenvalue weighted by Gasteiger charge is 2.32. The summed E-state index contributed by atoms with van der Waals surface area (Å²) in [7, 11) is -3.88. The molecule has 0 aliphatic carbocycles. The highest BCUT2D eigenvalue weighted by molar-refractivity contribution is 9.10. The van der Waals surface area contributed by atoms with Crippen LogP contribution in [0.5, 0.6) is 0 Å². The maximum Gasteiger partial charge on any atom is 0.241 e. The number of halogens is 4. The zero-order valence-electron chi connectivity index (χ0n) is 16.4. The number of nitrogens with zero attached hydrogens (tertiary/aromatic N) is 1. The van der Waals surface area contributed by atoms with Gasteiger partial charge in [-0.3, -0.25) is 0 Å². The van der Waals surface area contributed by atoms with Gasteiger partial charge in [-0.15, -0.1) is 0 Å². The molecule has 32 heavy (non-hydrogen) atoms. The third-order valence-corrected chi connectivity index (χ3v) is 7.76. The van der Waals surface area contributed by atoms with Crippen LogP contribution in [0.25, 0.3) is 0 Å². The van der Waals surface area contributed by atoms with E-state index < -0.39 is 16.1 Å². The van der Waals surface area contributed by atoms with Crippen molar-refractivity contribution in [1.82, 2.24) is 10.1 Å². The Morgan fingerprint density at radius 2 is 1.72 bits per heavy atom. The van der Waals surface area contributed by atoms with Gasteiger partial charge < -0.3 is 5.43 Å². The number of hydrogen-bond acceptors (Lipinski definition) is 4. The van der Waals surface area contributed by atoms with Crippen LogP contribution in [0.4, 0.5) is 0 Å². The first-order valence-corrected chi connectivity index (χ1v) is 12.9. The fourth-order valence-electron chi connectivity index (χ4n) is 3.44. The fraction of sp³-hybridized carbons (Fsp3) is 0.136. The number of nitrogens with one attached hydrogen (secondary N) is 2. The molecule has 0 spiro atoms. The van der Waals surface area contributed by atoms with E-state index in [2.05, 4.69) is 31.2 Å². The maximum atomic E-state index is 13.2. The quantitative estimate of drug-likeness (QED) is 0.353. The smallest absolute Gasteiger partial charge is 0.241 e. The summed E-state index contributed by atoms with van der Waals surface area (Å²) >= 11 is 21.8. The van der Waals surface area contributed by atoms with E-state index in [4.69, 9.17) is 34.8 Å². The van der Waals surface area contributed by atoms with Crippen LogP contribution in [-0.2, 0) is 10.0 Å². The van der Waals surface area contributed by atoms with Crippen molar-refractivity contribution in [3.63, 3.8) is 0 Å². The van der Waals surface area contributed by atoms with Gasteiger partial charge in [0.1, 0.15) is 0 Å². The SMILES string of the molecule is O=S(=O)(N[C@@H](C1=NNC(c2ccc(Cl)cc2)C1)c1ccc(Cl)cc1Cl)c1cccc(Br)c1. The molecular weight excluding hydrogens is 557 g/mol. The standard InChI is InChI=1S/C22H17BrCl3N3O2S/c23-14-2-1-3-17(10-14)32(30,31)29-22(18-9-8-16(25)11-19(18)26)21-12-20(27-28-21)13-4-6-15(24)7-5-13/h1-11,20,22,27,29H,12H2/t20?,22-/m1/s1. The monoisotopic (exact) mass is 571 g/mol. The Morgan fingerprint density at radius 3 is 2.41 bits per heavy atom. The molecule has 1 heterocycles. The van der Waals surface area contributed by atoms with E-state index in [9.17, 15) is 8.42 Å². The molecule has 0 saturated heterocycles. The van der Waals surface area contributed by atoms with Gasteiger partial charge in [0, 0.05) is 26.0 Å². The molecule has 3 aromatic rings. The van der Waals surface area contributed by atoms with Crippen molar-refractivity contribution in [2.45, 2.75) is 23.4 Å². The van der Waals surface area contributed by atoms with Crippen LogP contribution >= 0.6 is 50.7 Å². The van der Waals surface area contributed by atoms with Gasteiger partial charge in [-0.2, -0.15) is 9.82 Å². The van der Waals surface area contributed by atoms with E-state index in [0.29, 0.717) is 37.2 Å². The predicted molar refractivity (Wildman–Crippen MR) is 133 cm³/mol. The summed E-state index contributed by atoms with van der Waals surface area (Å²) in [5.74, 6) is 0. The van der Waals surface area contributed by atoms with Crippen LogP contribution in [0.1, 0.15) is 29.6 Å². The van der Waals surface area contributed by atoms with Crippen molar-refractivity contribution in [1.29, 1.82) is 0 Å². The Labute approximate surface area is 210 Å². The molecule has 0 fully saturated rings. The van der Waals surface area contributed by atoms with Crippen LogP contribution in [0, 0.1) is 0 Å². The van der Waals surface area contributed by atoms with Crippen molar-refractivity contribution in [2.75, 3.05) is 0 Å². The van der Waals surface area contributed by atoms with E-state index in [0.717, 1.165) is 5.56 Å². The highest BCUT2D eigenvalue weighted by Crippen LogP contribution is 2.33. The minimum atomic E-state index is -3.88. The highest BCUT2D eigenvalue weighted by atomic mass is 79.9. The van der Waals surface area contributed by atoms with E-state index in [1.54, 1.807) is 42.5 Å². The van der Waals surface area contributed by atoms with Gasteiger partial charge in [-0.05, 0) is 53.6 Å². The van der Waals surface area contributed by atoms with Gasteiger partial charge in [0.25, 0.3) is 0 Å². The summed E-state index contributed by atoms with van der Waals surface area (Å²) in [6.07, 6.45) is 0.478. The first-order valence-electron chi connectivity index (χ1n) is 9.53. The second-order valence-corrected chi connectivity index (χ2v) is 11.1. The Bertz CT molecular complexity index is 1280. The van der Waals surface area contributed by atoms with Crippen molar-refractivity contribution in [3.05, 3.63) is 97.4 Å². The first kappa shape index (κ1) is 23.5. The van der Waals surface area contributed by atoms with Crippen LogP contribution in [0.15, 0.2) is 81.2 Å². The lowest BCUT2D eigenvalue weighted by Crippen LogP contribution is -2.33. The average Bonchev–Trinajstić information content (AvgIpc) is 3.23. The van der Waals surface area contributed by atoms with Gasteiger partial charge in [0.15, 0.2) is 0 Å². The lowest BCUT2D eigenvalue weighted by atomic mass is 9.96. The zero-order valence-corrected chi connectivity index (χ0v) is 21.1. The summed E-state index contributed by atoms with van der Waals surface area (Å²) < 4.78 is 29.8. The lowest BCUT2D eigenvalue weighted by molar-refractivity contribution is 0.576. The molecule has 0 amide bonds. The molecule has 1 unspecified atom stereocenters. The number of sulfonamides is 1. The van der Waals surface area contributed by atoms with Crippen molar-refractivity contribution < 1.29 is 8.42 Å². The largest absolute Gasteiger partial charge is 0.302 e. The number of rotatable bonds is 6. The third kappa shape index (κ3) is 5.30. The van der Waals surface area contributed by atoms with Crippen molar-refractivity contribution in [2.24, 2.45) is 5.10 Å². The van der Waals surface area contributed by atoms with Crippen LogP contribution < -0.4 is 10.1 Å². The Kier molecular flexibility index (Phi) is 7.14. The van der Waals surface area contributed by atoms with Gasteiger partial charge in [-0.25, -0.2) is 8.42 Å².